The molecule has 3 heterocycles. The van der Waals surface area contributed by atoms with Gasteiger partial charge in [0.2, 0.25) is 0 Å². The van der Waals surface area contributed by atoms with Crippen molar-refractivity contribution in [3.8, 4) is 0 Å². The number of aliphatic imine (C=N–C) groups is 1. The number of nitrogens with one attached hydrogen (secondary N) is 1. The van der Waals surface area contributed by atoms with Crippen LogP contribution in [0.15, 0.2) is 4.99 Å². The summed E-state index contributed by atoms with van der Waals surface area (Å²) < 4.78 is 5.50. The summed E-state index contributed by atoms with van der Waals surface area (Å²) in [6.45, 7) is 8.70. The van der Waals surface area contributed by atoms with E-state index in [0.717, 1.165) is 63.7 Å². The van der Waals surface area contributed by atoms with E-state index in [1.807, 2.05) is 7.05 Å². The van der Waals surface area contributed by atoms with Crippen molar-refractivity contribution in [2.24, 2.45) is 16.8 Å². The lowest BCUT2D eigenvalue weighted by atomic mass is 10.0. The second kappa shape index (κ2) is 9.14. The molecule has 3 aliphatic heterocycles. The summed E-state index contributed by atoms with van der Waals surface area (Å²) in [6.07, 6.45) is 3.95. The molecule has 0 spiro atoms. The van der Waals surface area contributed by atoms with Crippen LogP contribution in [0.5, 0.6) is 0 Å². The lowest BCUT2D eigenvalue weighted by Crippen LogP contribution is -2.53. The van der Waals surface area contributed by atoms with Crippen LogP contribution in [0.1, 0.15) is 19.3 Å². The van der Waals surface area contributed by atoms with Crippen molar-refractivity contribution in [2.75, 3.05) is 71.0 Å². The zero-order valence-electron chi connectivity index (χ0n) is 14.5. The molecule has 0 amide bonds. The SMILES string of the molecule is CN=C(NCC1CCSCC1)N1CCN(CC2CCOC2)CC1. The van der Waals surface area contributed by atoms with Gasteiger partial charge in [-0.1, -0.05) is 0 Å². The lowest BCUT2D eigenvalue weighted by molar-refractivity contribution is 0.139. The third kappa shape index (κ3) is 5.26. The highest BCUT2D eigenvalue weighted by Crippen LogP contribution is 2.22. The Bertz CT molecular complexity index is 373. The fourth-order valence-corrected chi connectivity index (χ4v) is 4.96. The Kier molecular flexibility index (Phi) is 6.90. The van der Waals surface area contributed by atoms with Crippen molar-refractivity contribution in [3.63, 3.8) is 0 Å². The number of guanidine groups is 1. The number of rotatable bonds is 4. The maximum Gasteiger partial charge on any atom is 0.193 e. The van der Waals surface area contributed by atoms with Gasteiger partial charge in [0.15, 0.2) is 5.96 Å². The van der Waals surface area contributed by atoms with Crippen molar-refractivity contribution < 1.29 is 4.74 Å². The van der Waals surface area contributed by atoms with Gasteiger partial charge in [-0.15, -0.1) is 0 Å². The van der Waals surface area contributed by atoms with Gasteiger partial charge in [0.25, 0.3) is 0 Å². The number of nitrogens with zero attached hydrogens (tertiary/aromatic N) is 3. The normalized spacial score (nSPS) is 28.3. The second-order valence-corrected chi connectivity index (χ2v) is 8.23. The summed E-state index contributed by atoms with van der Waals surface area (Å²) in [5.74, 6) is 5.34. The first-order valence-corrected chi connectivity index (χ1v) is 10.3. The minimum Gasteiger partial charge on any atom is -0.381 e. The van der Waals surface area contributed by atoms with Gasteiger partial charge in [0.05, 0.1) is 6.61 Å². The van der Waals surface area contributed by atoms with Gasteiger partial charge in [-0.05, 0) is 42.6 Å². The van der Waals surface area contributed by atoms with Crippen molar-refractivity contribution in [1.82, 2.24) is 15.1 Å². The van der Waals surface area contributed by atoms with Gasteiger partial charge in [-0.3, -0.25) is 9.89 Å². The molecular weight excluding hydrogens is 308 g/mol. The van der Waals surface area contributed by atoms with Gasteiger partial charge in [0, 0.05) is 52.9 Å². The predicted octanol–water partition coefficient (Wildman–Crippen LogP) is 1.36. The van der Waals surface area contributed by atoms with E-state index in [-0.39, 0.29) is 0 Å². The summed E-state index contributed by atoms with van der Waals surface area (Å²) >= 11 is 2.10. The van der Waals surface area contributed by atoms with Gasteiger partial charge >= 0.3 is 0 Å². The molecule has 3 saturated heterocycles. The third-order valence-corrected chi connectivity index (χ3v) is 6.36. The van der Waals surface area contributed by atoms with Crippen LogP contribution in [0.25, 0.3) is 0 Å². The smallest absolute Gasteiger partial charge is 0.193 e. The molecule has 3 fully saturated rings. The quantitative estimate of drug-likeness (QED) is 0.618. The molecule has 5 nitrogen and oxygen atoms in total. The lowest BCUT2D eigenvalue weighted by Gasteiger charge is -2.37. The Hall–Kier alpha value is -0.460. The van der Waals surface area contributed by atoms with Crippen molar-refractivity contribution in [1.29, 1.82) is 0 Å². The minimum atomic E-state index is 0.753. The van der Waals surface area contributed by atoms with E-state index in [1.165, 1.54) is 37.3 Å². The molecule has 0 radical (unpaired) electrons. The Morgan fingerprint density at radius 2 is 1.91 bits per heavy atom. The first kappa shape index (κ1) is 17.4. The summed E-state index contributed by atoms with van der Waals surface area (Å²) in [4.78, 5) is 9.54. The minimum absolute atomic E-state index is 0.753. The first-order chi connectivity index (χ1) is 11.3. The zero-order valence-corrected chi connectivity index (χ0v) is 15.3. The molecule has 0 aromatic carbocycles. The van der Waals surface area contributed by atoms with Crippen LogP contribution in [0.3, 0.4) is 0 Å². The number of hydrogen-bond acceptors (Lipinski definition) is 4. The fraction of sp³-hybridized carbons (Fsp3) is 0.941. The maximum absolute atomic E-state index is 5.50. The van der Waals surface area contributed by atoms with Crippen molar-refractivity contribution in [2.45, 2.75) is 19.3 Å². The average Bonchev–Trinajstić information content (AvgIpc) is 3.11. The van der Waals surface area contributed by atoms with E-state index in [0.29, 0.717) is 0 Å². The molecule has 6 heteroatoms. The number of thioether (sulfide) groups is 1. The molecule has 1 N–H and O–H groups in total. The van der Waals surface area contributed by atoms with Gasteiger partial charge in [0.1, 0.15) is 0 Å². The van der Waals surface area contributed by atoms with Crippen molar-refractivity contribution in [3.05, 3.63) is 0 Å². The first-order valence-electron chi connectivity index (χ1n) is 9.18. The second-order valence-electron chi connectivity index (χ2n) is 7.00. The fourth-order valence-electron chi connectivity index (χ4n) is 3.75. The van der Waals surface area contributed by atoms with Gasteiger partial charge in [-0.2, -0.15) is 11.8 Å². The number of hydrogen-bond donors (Lipinski definition) is 1. The Balaban J connectivity index is 1.38. The Morgan fingerprint density at radius 1 is 1.13 bits per heavy atom. The summed E-state index contributed by atoms with van der Waals surface area (Å²) in [5, 5.41) is 3.62. The van der Waals surface area contributed by atoms with Crippen LogP contribution in [-0.4, -0.2) is 86.8 Å². The molecule has 1 unspecified atom stereocenters. The largest absolute Gasteiger partial charge is 0.381 e. The van der Waals surface area contributed by atoms with E-state index in [1.54, 1.807) is 0 Å². The highest BCUT2D eigenvalue weighted by atomic mass is 32.2. The highest BCUT2D eigenvalue weighted by Gasteiger charge is 2.24. The van der Waals surface area contributed by atoms with E-state index in [2.05, 4.69) is 31.9 Å². The van der Waals surface area contributed by atoms with E-state index < -0.39 is 0 Å². The van der Waals surface area contributed by atoms with Crippen LogP contribution >= 0.6 is 11.8 Å². The van der Waals surface area contributed by atoms with Crippen LogP contribution < -0.4 is 5.32 Å². The van der Waals surface area contributed by atoms with Crippen LogP contribution in [0, 0.1) is 11.8 Å². The predicted molar refractivity (Wildman–Crippen MR) is 98.3 cm³/mol. The number of ether oxygens (including phenoxy) is 1. The van der Waals surface area contributed by atoms with E-state index in [4.69, 9.17) is 4.74 Å². The topological polar surface area (TPSA) is 40.1 Å². The van der Waals surface area contributed by atoms with E-state index >= 15 is 0 Å². The zero-order chi connectivity index (χ0) is 15.9. The standard InChI is InChI=1S/C17H32N4OS/c1-18-17(19-12-15-3-10-23-11-4-15)21-7-5-20(6-8-21)13-16-2-9-22-14-16/h15-16H,2-14H2,1H3,(H,18,19). The molecular formula is C17H32N4OS. The van der Waals surface area contributed by atoms with Gasteiger partial charge < -0.3 is 15.0 Å². The molecule has 0 aromatic rings. The highest BCUT2D eigenvalue weighted by molar-refractivity contribution is 7.99. The molecule has 0 aromatic heterocycles. The van der Waals surface area contributed by atoms with E-state index in [9.17, 15) is 0 Å². The van der Waals surface area contributed by atoms with Crippen LogP contribution in [-0.2, 0) is 4.74 Å². The molecule has 3 aliphatic rings. The van der Waals surface area contributed by atoms with Crippen LogP contribution in [0.2, 0.25) is 0 Å². The van der Waals surface area contributed by atoms with Crippen molar-refractivity contribution >= 4 is 17.7 Å². The molecule has 132 valence electrons. The molecule has 0 aliphatic carbocycles. The Labute approximate surface area is 145 Å². The molecule has 3 rings (SSSR count). The third-order valence-electron chi connectivity index (χ3n) is 5.31. The summed E-state index contributed by atoms with van der Waals surface area (Å²) in [5.41, 5.74) is 0. The summed E-state index contributed by atoms with van der Waals surface area (Å²) in [7, 11) is 1.92. The molecule has 0 bridgehead atoms. The Morgan fingerprint density at radius 3 is 2.57 bits per heavy atom. The van der Waals surface area contributed by atoms with Crippen LogP contribution in [0.4, 0.5) is 0 Å². The summed E-state index contributed by atoms with van der Waals surface area (Å²) in [6, 6.07) is 0. The number of piperazine rings is 1. The monoisotopic (exact) mass is 340 g/mol. The average molecular weight is 341 g/mol. The molecule has 1 atom stereocenters. The van der Waals surface area contributed by atoms with Gasteiger partial charge in [-0.25, -0.2) is 0 Å². The molecule has 0 saturated carbocycles. The maximum atomic E-state index is 5.50. The molecule has 23 heavy (non-hydrogen) atoms.